The van der Waals surface area contributed by atoms with Crippen molar-refractivity contribution in [3.8, 4) is 0 Å². The van der Waals surface area contributed by atoms with Crippen LogP contribution in [-0.4, -0.2) is 28.5 Å². The Morgan fingerprint density at radius 1 is 1.47 bits per heavy atom. The van der Waals surface area contributed by atoms with Gasteiger partial charge in [0.05, 0.1) is 12.0 Å². The number of hydrogen-bond donors (Lipinski definition) is 2. The number of halogens is 1. The van der Waals surface area contributed by atoms with Crippen molar-refractivity contribution in [2.24, 2.45) is 5.41 Å². The molecule has 19 heavy (non-hydrogen) atoms. The summed E-state index contributed by atoms with van der Waals surface area (Å²) in [5, 5.41) is 11.5. The van der Waals surface area contributed by atoms with Gasteiger partial charge < -0.3 is 10.4 Å². The number of carboxylic acids is 1. The lowest BCUT2D eigenvalue weighted by Crippen LogP contribution is -2.43. The van der Waals surface area contributed by atoms with Gasteiger partial charge in [0.25, 0.3) is 5.91 Å². The maximum absolute atomic E-state index is 13.3. The number of nitrogens with one attached hydrogen (secondary N) is 1. The third-order valence-corrected chi connectivity index (χ3v) is 3.57. The molecule has 5 nitrogen and oxygen atoms in total. The molecule has 0 bridgehead atoms. The molecule has 2 N–H and O–H groups in total. The van der Waals surface area contributed by atoms with Gasteiger partial charge in [-0.05, 0) is 30.4 Å². The molecule has 0 radical (unpaired) electrons. The molecule has 1 aromatic rings. The Morgan fingerprint density at radius 3 is 2.74 bits per heavy atom. The van der Waals surface area contributed by atoms with Gasteiger partial charge in [-0.2, -0.15) is 4.39 Å². The molecule has 6 heteroatoms. The second kappa shape index (κ2) is 5.34. The van der Waals surface area contributed by atoms with E-state index in [1.54, 1.807) is 0 Å². The molecular formula is C13H15FN2O3. The summed E-state index contributed by atoms with van der Waals surface area (Å²) >= 11 is 0. The summed E-state index contributed by atoms with van der Waals surface area (Å²) in [5.74, 6) is -2.25. The lowest BCUT2D eigenvalue weighted by molar-refractivity contribution is -0.141. The molecule has 1 heterocycles. The average molecular weight is 266 g/mol. The lowest BCUT2D eigenvalue weighted by atomic mass is 9.66. The standard InChI is InChI=1S/C13H15FN2O3/c14-11-9(3-1-6-15-11)12(19)16-8-13(4-2-5-13)7-10(17)18/h1,3,6H,2,4-5,7-8H2,(H,16,19)(H,17,18). The van der Waals surface area contributed by atoms with Crippen LogP contribution in [0.5, 0.6) is 0 Å². The average Bonchev–Trinajstić information content (AvgIpc) is 2.32. The van der Waals surface area contributed by atoms with Crippen molar-refractivity contribution < 1.29 is 19.1 Å². The highest BCUT2D eigenvalue weighted by Crippen LogP contribution is 2.43. The number of aromatic nitrogens is 1. The van der Waals surface area contributed by atoms with Crippen molar-refractivity contribution in [2.45, 2.75) is 25.7 Å². The summed E-state index contributed by atoms with van der Waals surface area (Å²) in [7, 11) is 0. The van der Waals surface area contributed by atoms with Crippen molar-refractivity contribution in [2.75, 3.05) is 6.54 Å². The Balaban J connectivity index is 1.97. The van der Waals surface area contributed by atoms with Crippen LogP contribution in [0.4, 0.5) is 4.39 Å². The Bertz CT molecular complexity index is 500. The summed E-state index contributed by atoms with van der Waals surface area (Å²) in [5.41, 5.74) is -0.493. The number of hydrogen-bond acceptors (Lipinski definition) is 3. The zero-order valence-corrected chi connectivity index (χ0v) is 10.4. The monoisotopic (exact) mass is 266 g/mol. The van der Waals surface area contributed by atoms with Crippen molar-refractivity contribution in [1.82, 2.24) is 10.3 Å². The topological polar surface area (TPSA) is 79.3 Å². The quantitative estimate of drug-likeness (QED) is 0.793. The highest BCUT2D eigenvalue weighted by Gasteiger charge is 2.39. The first-order valence-corrected chi connectivity index (χ1v) is 6.13. The van der Waals surface area contributed by atoms with Crippen LogP contribution in [0.25, 0.3) is 0 Å². The Hall–Kier alpha value is -1.98. The summed E-state index contributed by atoms with van der Waals surface area (Å²) in [6.45, 7) is 0.256. The molecule has 1 aliphatic rings. The molecule has 1 saturated carbocycles. The van der Waals surface area contributed by atoms with Gasteiger partial charge in [-0.15, -0.1) is 0 Å². The van der Waals surface area contributed by atoms with E-state index in [1.807, 2.05) is 0 Å². The summed E-state index contributed by atoms with van der Waals surface area (Å²) in [6, 6.07) is 2.83. The van der Waals surface area contributed by atoms with E-state index >= 15 is 0 Å². The van der Waals surface area contributed by atoms with E-state index in [-0.39, 0.29) is 23.9 Å². The van der Waals surface area contributed by atoms with Crippen LogP contribution in [0.1, 0.15) is 36.0 Å². The van der Waals surface area contributed by atoms with E-state index in [0.717, 1.165) is 19.3 Å². The summed E-state index contributed by atoms with van der Waals surface area (Å²) < 4.78 is 13.3. The summed E-state index contributed by atoms with van der Waals surface area (Å²) in [4.78, 5) is 26.0. The number of amides is 1. The minimum Gasteiger partial charge on any atom is -0.481 e. The number of carbonyl (C=O) groups excluding carboxylic acids is 1. The van der Waals surface area contributed by atoms with Crippen LogP contribution in [0, 0.1) is 11.4 Å². The van der Waals surface area contributed by atoms with E-state index in [1.165, 1.54) is 18.3 Å². The first-order valence-electron chi connectivity index (χ1n) is 6.13. The smallest absolute Gasteiger partial charge is 0.303 e. The number of nitrogens with zero attached hydrogens (tertiary/aromatic N) is 1. The predicted molar refractivity (Wildman–Crippen MR) is 65.1 cm³/mol. The highest BCUT2D eigenvalue weighted by molar-refractivity contribution is 5.94. The summed E-state index contributed by atoms with van der Waals surface area (Å²) in [6.07, 6.45) is 3.81. The minimum atomic E-state index is -0.874. The second-order valence-corrected chi connectivity index (χ2v) is 4.95. The first-order chi connectivity index (χ1) is 9.02. The number of aliphatic carboxylic acids is 1. The predicted octanol–water partition coefficient (Wildman–Crippen LogP) is 1.60. The second-order valence-electron chi connectivity index (χ2n) is 4.95. The van der Waals surface area contributed by atoms with Crippen molar-refractivity contribution in [3.63, 3.8) is 0 Å². The molecule has 1 amide bonds. The number of pyridine rings is 1. The molecule has 2 rings (SSSR count). The molecule has 102 valence electrons. The van der Waals surface area contributed by atoms with Crippen LogP contribution < -0.4 is 5.32 Å². The van der Waals surface area contributed by atoms with Crippen LogP contribution in [0.2, 0.25) is 0 Å². The van der Waals surface area contributed by atoms with Gasteiger partial charge in [-0.25, -0.2) is 4.98 Å². The zero-order chi connectivity index (χ0) is 13.9. The number of rotatable bonds is 5. The van der Waals surface area contributed by atoms with E-state index in [2.05, 4.69) is 10.3 Å². The van der Waals surface area contributed by atoms with Crippen molar-refractivity contribution in [1.29, 1.82) is 0 Å². The fraction of sp³-hybridized carbons (Fsp3) is 0.462. The lowest BCUT2D eigenvalue weighted by Gasteiger charge is -2.40. The molecule has 0 atom stereocenters. The SMILES string of the molecule is O=C(O)CC1(CNC(=O)c2cccnc2F)CCC1. The van der Waals surface area contributed by atoms with Gasteiger partial charge >= 0.3 is 5.97 Å². The van der Waals surface area contributed by atoms with Gasteiger partial charge in [0.1, 0.15) is 0 Å². The van der Waals surface area contributed by atoms with Crippen LogP contribution >= 0.6 is 0 Å². The fourth-order valence-electron chi connectivity index (χ4n) is 2.33. The molecule has 0 unspecified atom stereocenters. The van der Waals surface area contributed by atoms with Crippen molar-refractivity contribution >= 4 is 11.9 Å². The van der Waals surface area contributed by atoms with E-state index in [9.17, 15) is 14.0 Å². The third kappa shape index (κ3) is 3.07. The van der Waals surface area contributed by atoms with Gasteiger partial charge in [-0.3, -0.25) is 9.59 Å². The molecule has 0 aromatic carbocycles. The van der Waals surface area contributed by atoms with Crippen LogP contribution in [-0.2, 0) is 4.79 Å². The van der Waals surface area contributed by atoms with Gasteiger partial charge in [0.2, 0.25) is 5.95 Å². The first kappa shape index (κ1) is 13.5. The number of carbonyl (C=O) groups is 2. The molecule has 0 saturated heterocycles. The largest absolute Gasteiger partial charge is 0.481 e. The van der Waals surface area contributed by atoms with Crippen LogP contribution in [0.15, 0.2) is 18.3 Å². The third-order valence-electron chi connectivity index (χ3n) is 3.57. The molecule has 0 aliphatic heterocycles. The normalized spacial score (nSPS) is 16.5. The molecule has 0 spiro atoms. The minimum absolute atomic E-state index is 0.0306. The molecule has 1 aromatic heterocycles. The van der Waals surface area contributed by atoms with Crippen LogP contribution in [0.3, 0.4) is 0 Å². The van der Waals surface area contributed by atoms with E-state index in [4.69, 9.17) is 5.11 Å². The highest BCUT2D eigenvalue weighted by atomic mass is 19.1. The molecule has 1 aliphatic carbocycles. The Kier molecular flexibility index (Phi) is 3.78. The Labute approximate surface area is 109 Å². The molecular weight excluding hydrogens is 251 g/mol. The van der Waals surface area contributed by atoms with E-state index < -0.39 is 17.8 Å². The molecule has 1 fully saturated rings. The van der Waals surface area contributed by atoms with Gasteiger partial charge in [0, 0.05) is 12.7 Å². The van der Waals surface area contributed by atoms with Gasteiger partial charge in [0.15, 0.2) is 0 Å². The fourth-order valence-corrected chi connectivity index (χ4v) is 2.33. The number of carboxylic acid groups (broad SMARTS) is 1. The van der Waals surface area contributed by atoms with E-state index in [0.29, 0.717) is 0 Å². The maximum Gasteiger partial charge on any atom is 0.303 e. The maximum atomic E-state index is 13.3. The van der Waals surface area contributed by atoms with Crippen molar-refractivity contribution in [3.05, 3.63) is 29.8 Å². The van der Waals surface area contributed by atoms with Gasteiger partial charge in [-0.1, -0.05) is 6.42 Å². The zero-order valence-electron chi connectivity index (χ0n) is 10.4. The Morgan fingerprint density at radius 2 is 2.21 bits per heavy atom.